The van der Waals surface area contributed by atoms with Gasteiger partial charge in [-0.2, -0.15) is 0 Å². The minimum atomic E-state index is 0.0359. The van der Waals surface area contributed by atoms with E-state index in [0.717, 1.165) is 19.3 Å². The summed E-state index contributed by atoms with van der Waals surface area (Å²) in [5.41, 5.74) is 0.0359. The van der Waals surface area contributed by atoms with Crippen LogP contribution < -0.4 is 5.32 Å². The van der Waals surface area contributed by atoms with Gasteiger partial charge in [-0.1, -0.05) is 58.3 Å². The third kappa shape index (κ3) is 7.88. The van der Waals surface area contributed by atoms with E-state index in [0.29, 0.717) is 13.0 Å². The first kappa shape index (κ1) is 17.5. The number of carbonyl (C=O) groups is 1. The van der Waals surface area contributed by atoms with Crippen molar-refractivity contribution in [3.8, 4) is 0 Å². The van der Waals surface area contributed by atoms with E-state index < -0.39 is 0 Å². The van der Waals surface area contributed by atoms with E-state index in [2.05, 4.69) is 12.2 Å². The van der Waals surface area contributed by atoms with Gasteiger partial charge in [0.15, 0.2) is 0 Å². The van der Waals surface area contributed by atoms with Crippen molar-refractivity contribution < 1.29 is 9.90 Å². The lowest BCUT2D eigenvalue weighted by Gasteiger charge is -2.12. The van der Waals surface area contributed by atoms with Crippen molar-refractivity contribution in [1.82, 2.24) is 5.32 Å². The van der Waals surface area contributed by atoms with Crippen LogP contribution in [0.1, 0.15) is 84.0 Å². The summed E-state index contributed by atoms with van der Waals surface area (Å²) < 4.78 is 0. The van der Waals surface area contributed by atoms with Gasteiger partial charge in [0.25, 0.3) is 0 Å². The predicted molar refractivity (Wildman–Crippen MR) is 83.6 cm³/mol. The third-order valence-corrected chi connectivity index (χ3v) is 4.46. The summed E-state index contributed by atoms with van der Waals surface area (Å²) in [5.74, 6) is 0.160. The van der Waals surface area contributed by atoms with Crippen LogP contribution in [0.4, 0.5) is 0 Å². The molecule has 118 valence electrons. The maximum atomic E-state index is 11.6. The molecule has 0 spiro atoms. The second kappa shape index (κ2) is 10.2. The Morgan fingerprint density at radius 1 is 1.00 bits per heavy atom. The maximum absolute atomic E-state index is 11.6. The Kier molecular flexibility index (Phi) is 8.92. The first-order chi connectivity index (χ1) is 9.72. The molecular weight excluding hydrogens is 250 g/mol. The Morgan fingerprint density at radius 2 is 1.55 bits per heavy atom. The smallest absolute Gasteiger partial charge is 0.220 e. The van der Waals surface area contributed by atoms with Gasteiger partial charge >= 0.3 is 0 Å². The van der Waals surface area contributed by atoms with Crippen LogP contribution in [-0.4, -0.2) is 24.2 Å². The van der Waals surface area contributed by atoms with Gasteiger partial charge < -0.3 is 10.4 Å². The SMILES string of the molecule is CCCCCCCCCCCC(=O)NCC1(CO)CC1. The lowest BCUT2D eigenvalue weighted by atomic mass is 10.1. The largest absolute Gasteiger partial charge is 0.396 e. The van der Waals surface area contributed by atoms with Crippen LogP contribution >= 0.6 is 0 Å². The van der Waals surface area contributed by atoms with Crippen molar-refractivity contribution in [2.24, 2.45) is 5.41 Å². The van der Waals surface area contributed by atoms with Crippen molar-refractivity contribution in [3.05, 3.63) is 0 Å². The summed E-state index contributed by atoms with van der Waals surface area (Å²) >= 11 is 0. The van der Waals surface area contributed by atoms with Gasteiger partial charge in [0.1, 0.15) is 0 Å². The molecule has 2 N–H and O–H groups in total. The van der Waals surface area contributed by atoms with Gasteiger partial charge in [-0.05, 0) is 19.3 Å². The molecule has 20 heavy (non-hydrogen) atoms. The minimum absolute atomic E-state index is 0.0359. The molecule has 0 aromatic heterocycles. The van der Waals surface area contributed by atoms with Gasteiger partial charge in [-0.25, -0.2) is 0 Å². The minimum Gasteiger partial charge on any atom is -0.396 e. The molecule has 1 aliphatic carbocycles. The molecule has 1 saturated carbocycles. The number of nitrogens with one attached hydrogen (secondary N) is 1. The monoisotopic (exact) mass is 283 g/mol. The standard InChI is InChI=1S/C17H33NO2/c1-2-3-4-5-6-7-8-9-10-11-16(20)18-14-17(15-19)12-13-17/h19H,2-15H2,1H3,(H,18,20). The van der Waals surface area contributed by atoms with Crippen LogP contribution in [-0.2, 0) is 4.79 Å². The average Bonchev–Trinajstić information content (AvgIpc) is 3.24. The Balaban J connectivity index is 1.82. The van der Waals surface area contributed by atoms with E-state index in [1.54, 1.807) is 0 Å². The summed E-state index contributed by atoms with van der Waals surface area (Å²) in [4.78, 5) is 11.6. The summed E-state index contributed by atoms with van der Waals surface area (Å²) in [6.45, 7) is 3.13. The van der Waals surface area contributed by atoms with Gasteiger partial charge in [0.2, 0.25) is 5.91 Å². The molecule has 0 atom stereocenters. The topological polar surface area (TPSA) is 49.3 Å². The molecule has 0 aliphatic heterocycles. The number of rotatable bonds is 13. The fourth-order valence-electron chi connectivity index (χ4n) is 2.54. The highest BCUT2D eigenvalue weighted by Crippen LogP contribution is 2.44. The molecule has 1 rings (SSSR count). The number of hydrogen-bond donors (Lipinski definition) is 2. The molecule has 0 radical (unpaired) electrons. The number of aliphatic hydroxyl groups is 1. The normalized spacial score (nSPS) is 16.1. The van der Waals surface area contributed by atoms with Crippen LogP contribution in [0.25, 0.3) is 0 Å². The van der Waals surface area contributed by atoms with E-state index in [9.17, 15) is 4.79 Å². The number of hydrogen-bond acceptors (Lipinski definition) is 2. The molecule has 1 fully saturated rings. The highest BCUT2D eigenvalue weighted by molar-refractivity contribution is 5.75. The van der Waals surface area contributed by atoms with Gasteiger partial charge in [0.05, 0.1) is 6.61 Å². The predicted octanol–water partition coefficient (Wildman–Crippen LogP) is 3.80. The van der Waals surface area contributed by atoms with E-state index in [4.69, 9.17) is 5.11 Å². The third-order valence-electron chi connectivity index (χ3n) is 4.46. The zero-order valence-corrected chi connectivity index (χ0v) is 13.3. The Labute approximate surface area is 124 Å². The average molecular weight is 283 g/mol. The van der Waals surface area contributed by atoms with Crippen LogP contribution in [0, 0.1) is 5.41 Å². The fraction of sp³-hybridized carbons (Fsp3) is 0.941. The second-order valence-electron chi connectivity index (χ2n) is 6.51. The number of carbonyl (C=O) groups excluding carboxylic acids is 1. The van der Waals surface area contributed by atoms with Crippen LogP contribution in [0.2, 0.25) is 0 Å². The first-order valence-corrected chi connectivity index (χ1v) is 8.60. The van der Waals surface area contributed by atoms with Crippen LogP contribution in [0.15, 0.2) is 0 Å². The van der Waals surface area contributed by atoms with Gasteiger partial charge in [-0.15, -0.1) is 0 Å². The molecule has 0 aromatic carbocycles. The van der Waals surface area contributed by atoms with Crippen molar-refractivity contribution in [2.45, 2.75) is 84.0 Å². The maximum Gasteiger partial charge on any atom is 0.220 e. The molecule has 0 saturated heterocycles. The zero-order chi connectivity index (χ0) is 14.7. The van der Waals surface area contributed by atoms with Crippen LogP contribution in [0.5, 0.6) is 0 Å². The number of aliphatic hydroxyl groups excluding tert-OH is 1. The van der Waals surface area contributed by atoms with Crippen molar-refractivity contribution in [3.63, 3.8) is 0 Å². The zero-order valence-electron chi connectivity index (χ0n) is 13.3. The molecule has 3 heteroatoms. The van der Waals surface area contributed by atoms with Crippen molar-refractivity contribution in [2.75, 3.05) is 13.2 Å². The van der Waals surface area contributed by atoms with E-state index >= 15 is 0 Å². The van der Waals surface area contributed by atoms with Crippen molar-refractivity contribution >= 4 is 5.91 Å². The molecule has 0 unspecified atom stereocenters. The van der Waals surface area contributed by atoms with Gasteiger partial charge in [-0.3, -0.25) is 4.79 Å². The first-order valence-electron chi connectivity index (χ1n) is 8.60. The number of amides is 1. The summed E-state index contributed by atoms with van der Waals surface area (Å²) in [6, 6.07) is 0. The Bertz CT molecular complexity index is 262. The van der Waals surface area contributed by atoms with Crippen LogP contribution in [0.3, 0.4) is 0 Å². The summed E-state index contributed by atoms with van der Waals surface area (Å²) in [7, 11) is 0. The molecule has 0 aromatic rings. The second-order valence-corrected chi connectivity index (χ2v) is 6.51. The fourth-order valence-corrected chi connectivity index (χ4v) is 2.54. The highest BCUT2D eigenvalue weighted by Gasteiger charge is 2.41. The Morgan fingerprint density at radius 3 is 2.05 bits per heavy atom. The summed E-state index contributed by atoms with van der Waals surface area (Å²) in [5, 5.41) is 12.1. The van der Waals surface area contributed by atoms with E-state index in [1.165, 1.54) is 51.4 Å². The van der Waals surface area contributed by atoms with E-state index in [1.807, 2.05) is 0 Å². The molecular formula is C17H33NO2. The van der Waals surface area contributed by atoms with Gasteiger partial charge in [0, 0.05) is 18.4 Å². The van der Waals surface area contributed by atoms with E-state index in [-0.39, 0.29) is 17.9 Å². The lowest BCUT2D eigenvalue weighted by Crippen LogP contribution is -2.31. The highest BCUT2D eigenvalue weighted by atomic mass is 16.3. The Hall–Kier alpha value is -0.570. The summed E-state index contributed by atoms with van der Waals surface area (Å²) in [6.07, 6.45) is 14.3. The van der Waals surface area contributed by atoms with Crippen molar-refractivity contribution in [1.29, 1.82) is 0 Å². The quantitative estimate of drug-likeness (QED) is 0.505. The molecule has 1 aliphatic rings. The molecule has 1 amide bonds. The molecule has 0 bridgehead atoms. The lowest BCUT2D eigenvalue weighted by molar-refractivity contribution is -0.121. The molecule has 0 heterocycles. The number of unbranched alkanes of at least 4 members (excludes halogenated alkanes) is 8. The molecule has 3 nitrogen and oxygen atoms in total.